The first-order valence-electron chi connectivity index (χ1n) is 13.2. The van der Waals surface area contributed by atoms with Gasteiger partial charge in [0.25, 0.3) is 0 Å². The van der Waals surface area contributed by atoms with Crippen molar-refractivity contribution in [3.8, 4) is 22.7 Å². The minimum atomic E-state index is 0.850. The van der Waals surface area contributed by atoms with Crippen molar-refractivity contribution >= 4 is 22.7 Å². The van der Waals surface area contributed by atoms with Gasteiger partial charge in [-0.05, 0) is 69.0 Å². The van der Waals surface area contributed by atoms with E-state index in [1.54, 1.807) is 11.8 Å². The Kier molecular flexibility index (Phi) is 7.00. The van der Waals surface area contributed by atoms with E-state index in [0.29, 0.717) is 0 Å². The van der Waals surface area contributed by atoms with Crippen LogP contribution in [0.4, 0.5) is 0 Å². The van der Waals surface area contributed by atoms with Crippen LogP contribution in [0.15, 0.2) is 64.3 Å². The van der Waals surface area contributed by atoms with Crippen molar-refractivity contribution in [3.05, 3.63) is 77.1 Å². The second kappa shape index (κ2) is 10.7. The fraction of sp³-hybridized carbons (Fsp3) is 0.333. The van der Waals surface area contributed by atoms with Gasteiger partial charge in [-0.15, -0.1) is 10.2 Å². The molecule has 0 atom stereocenters. The lowest BCUT2D eigenvalue weighted by atomic mass is 9.99. The highest BCUT2D eigenvalue weighted by molar-refractivity contribution is 7.99. The Hall–Kier alpha value is -3.49. The van der Waals surface area contributed by atoms with Gasteiger partial charge in [0.2, 0.25) is 0 Å². The zero-order chi connectivity index (χ0) is 26.1. The number of nitrogens with zero attached hydrogens (tertiary/aromatic N) is 6. The number of benzene rings is 2. The molecule has 2 aromatic carbocycles. The standard InChI is InChI=1S/C30H32N6OS/c1-20-8-11-25-26(6-4-7-27(25)31-20)29-32-33-30(35(29)3)38-17-5-14-36-15-12-22-9-10-24(19-23(22)13-16-36)28-18-21(2)34-37-28/h4,6-11,18-19H,5,12-17H2,1-3H3. The molecule has 1 aliphatic heterocycles. The molecule has 0 N–H and O–H groups in total. The second-order valence-electron chi connectivity index (χ2n) is 10.0. The Bertz CT molecular complexity index is 1590. The van der Waals surface area contributed by atoms with Crippen molar-refractivity contribution in [2.75, 3.05) is 25.4 Å². The molecule has 0 fully saturated rings. The quantitative estimate of drug-likeness (QED) is 0.194. The van der Waals surface area contributed by atoms with Gasteiger partial charge in [0.05, 0.1) is 11.2 Å². The zero-order valence-electron chi connectivity index (χ0n) is 22.1. The van der Waals surface area contributed by atoms with E-state index in [1.807, 2.05) is 26.0 Å². The van der Waals surface area contributed by atoms with Crippen LogP contribution < -0.4 is 0 Å². The second-order valence-corrected chi connectivity index (χ2v) is 11.1. The average Bonchev–Trinajstić information content (AvgIpc) is 3.45. The first kappa shape index (κ1) is 24.8. The molecule has 0 unspecified atom stereocenters. The fourth-order valence-electron chi connectivity index (χ4n) is 5.23. The normalized spacial score (nSPS) is 14.1. The third-order valence-corrected chi connectivity index (χ3v) is 8.42. The van der Waals surface area contributed by atoms with Gasteiger partial charge in [0.15, 0.2) is 16.7 Å². The maximum absolute atomic E-state index is 5.48. The van der Waals surface area contributed by atoms with E-state index >= 15 is 0 Å². The number of aromatic nitrogens is 5. The van der Waals surface area contributed by atoms with E-state index in [4.69, 9.17) is 4.52 Å². The van der Waals surface area contributed by atoms with Crippen molar-refractivity contribution in [2.45, 2.75) is 38.3 Å². The van der Waals surface area contributed by atoms with Gasteiger partial charge >= 0.3 is 0 Å². The van der Waals surface area contributed by atoms with Crippen LogP contribution in [0, 0.1) is 13.8 Å². The molecular formula is C30H32N6OS. The van der Waals surface area contributed by atoms with E-state index < -0.39 is 0 Å². The third-order valence-electron chi connectivity index (χ3n) is 7.31. The highest BCUT2D eigenvalue weighted by Gasteiger charge is 2.17. The molecule has 0 saturated carbocycles. The molecule has 8 heteroatoms. The number of fused-ring (bicyclic) bond motifs is 2. The van der Waals surface area contributed by atoms with Crippen LogP contribution in [0.1, 0.15) is 28.9 Å². The number of aryl methyl sites for hydroxylation is 2. The minimum absolute atomic E-state index is 0.850. The van der Waals surface area contributed by atoms with Crippen LogP contribution in [0.2, 0.25) is 0 Å². The Morgan fingerprint density at radius 3 is 2.63 bits per heavy atom. The molecule has 4 heterocycles. The summed E-state index contributed by atoms with van der Waals surface area (Å²) >= 11 is 1.78. The van der Waals surface area contributed by atoms with Gasteiger partial charge in [-0.1, -0.05) is 47.3 Å². The van der Waals surface area contributed by atoms with Crippen LogP contribution >= 0.6 is 11.8 Å². The molecule has 0 spiro atoms. The summed E-state index contributed by atoms with van der Waals surface area (Å²) in [6.45, 7) is 7.25. The first-order chi connectivity index (χ1) is 18.5. The summed E-state index contributed by atoms with van der Waals surface area (Å²) in [5, 5.41) is 15.1. The number of hydrogen-bond donors (Lipinski definition) is 0. The molecule has 0 saturated heterocycles. The predicted molar refractivity (Wildman–Crippen MR) is 152 cm³/mol. The van der Waals surface area contributed by atoms with Crippen LogP contribution in [0.3, 0.4) is 0 Å². The van der Waals surface area contributed by atoms with Gasteiger partial charge in [-0.2, -0.15) is 0 Å². The molecule has 38 heavy (non-hydrogen) atoms. The van der Waals surface area contributed by atoms with Crippen LogP contribution in [0.5, 0.6) is 0 Å². The molecular weight excluding hydrogens is 492 g/mol. The van der Waals surface area contributed by atoms with Gasteiger partial charge in [-0.25, -0.2) is 0 Å². The molecule has 1 aliphatic rings. The smallest absolute Gasteiger partial charge is 0.191 e. The predicted octanol–water partition coefficient (Wildman–Crippen LogP) is 5.89. The lowest BCUT2D eigenvalue weighted by Crippen LogP contribution is -2.27. The van der Waals surface area contributed by atoms with Gasteiger partial charge in [-0.3, -0.25) is 4.98 Å². The third kappa shape index (κ3) is 5.11. The van der Waals surface area contributed by atoms with E-state index in [1.165, 1.54) is 11.1 Å². The monoisotopic (exact) mass is 524 g/mol. The molecule has 0 bridgehead atoms. The van der Waals surface area contributed by atoms with E-state index in [-0.39, 0.29) is 0 Å². The fourth-order valence-corrected chi connectivity index (χ4v) is 6.06. The van der Waals surface area contributed by atoms with Crippen molar-refractivity contribution in [1.82, 2.24) is 29.8 Å². The summed E-state index contributed by atoms with van der Waals surface area (Å²) < 4.78 is 7.58. The minimum Gasteiger partial charge on any atom is -0.356 e. The molecule has 194 valence electrons. The maximum atomic E-state index is 5.48. The number of hydrogen-bond acceptors (Lipinski definition) is 7. The molecule has 3 aromatic heterocycles. The molecule has 5 aromatic rings. The summed E-state index contributed by atoms with van der Waals surface area (Å²) in [5.41, 5.74) is 7.99. The van der Waals surface area contributed by atoms with Gasteiger partial charge < -0.3 is 14.0 Å². The van der Waals surface area contributed by atoms with Crippen LogP contribution in [-0.2, 0) is 19.9 Å². The first-order valence-corrected chi connectivity index (χ1v) is 14.2. The maximum Gasteiger partial charge on any atom is 0.191 e. The lowest BCUT2D eigenvalue weighted by molar-refractivity contribution is 0.289. The summed E-state index contributed by atoms with van der Waals surface area (Å²) in [7, 11) is 2.05. The molecule has 6 rings (SSSR count). The molecule has 0 amide bonds. The number of rotatable bonds is 7. The summed E-state index contributed by atoms with van der Waals surface area (Å²) in [5.74, 6) is 2.75. The van der Waals surface area contributed by atoms with E-state index in [9.17, 15) is 0 Å². The Labute approximate surface area is 227 Å². The summed E-state index contributed by atoms with van der Waals surface area (Å²) in [6, 6.07) is 19.1. The van der Waals surface area contributed by atoms with Crippen molar-refractivity contribution in [1.29, 1.82) is 0 Å². The summed E-state index contributed by atoms with van der Waals surface area (Å²) in [6.07, 6.45) is 3.27. The average molecular weight is 525 g/mol. The highest BCUT2D eigenvalue weighted by Crippen LogP contribution is 2.29. The SMILES string of the molecule is Cc1cc(-c2ccc3c(c2)CCN(CCCSc2nnc(-c4cccc5nc(C)ccc45)n2C)CC3)on1. The largest absolute Gasteiger partial charge is 0.356 e. The van der Waals surface area contributed by atoms with E-state index in [0.717, 1.165) is 94.8 Å². The van der Waals surface area contributed by atoms with Gasteiger partial charge in [0, 0.05) is 54.2 Å². The number of pyridine rings is 1. The van der Waals surface area contributed by atoms with Crippen LogP contribution in [-0.4, -0.2) is 55.2 Å². The van der Waals surface area contributed by atoms with Gasteiger partial charge in [0.1, 0.15) is 0 Å². The topological polar surface area (TPSA) is 72.9 Å². The van der Waals surface area contributed by atoms with Crippen molar-refractivity contribution in [2.24, 2.45) is 7.05 Å². The lowest BCUT2D eigenvalue weighted by Gasteiger charge is -2.19. The Balaban J connectivity index is 1.04. The molecule has 0 radical (unpaired) electrons. The highest BCUT2D eigenvalue weighted by atomic mass is 32.2. The number of thioether (sulfide) groups is 1. The Morgan fingerprint density at radius 2 is 1.79 bits per heavy atom. The Morgan fingerprint density at radius 1 is 0.921 bits per heavy atom. The van der Waals surface area contributed by atoms with Crippen LogP contribution in [0.25, 0.3) is 33.6 Å². The van der Waals surface area contributed by atoms with E-state index in [2.05, 4.69) is 79.3 Å². The zero-order valence-corrected chi connectivity index (χ0v) is 23.0. The molecule has 7 nitrogen and oxygen atoms in total. The van der Waals surface area contributed by atoms with Crippen molar-refractivity contribution < 1.29 is 4.52 Å². The van der Waals surface area contributed by atoms with Crippen molar-refractivity contribution in [3.63, 3.8) is 0 Å². The molecule has 0 aliphatic carbocycles. The summed E-state index contributed by atoms with van der Waals surface area (Å²) in [4.78, 5) is 7.26.